The molecule has 0 saturated heterocycles. The quantitative estimate of drug-likeness (QED) is 0.338. The number of rotatable bonds is 1. The first-order chi connectivity index (χ1) is 2.27. The molecule has 2 radical (unpaired) electrons. The molecule has 0 N–H and O–H groups in total. The summed E-state index contributed by atoms with van der Waals surface area (Å²) < 4.78 is 20.3. The van der Waals surface area contributed by atoms with Crippen molar-refractivity contribution in [3.63, 3.8) is 0 Å². The van der Waals surface area contributed by atoms with Crippen molar-refractivity contribution >= 4 is 0 Å². The van der Waals surface area contributed by atoms with E-state index in [1.807, 2.05) is 0 Å². The minimum Gasteiger partial charge on any atom is -0.164 e. The van der Waals surface area contributed by atoms with Crippen molar-refractivity contribution in [1.29, 1.82) is 0 Å². The Morgan fingerprint density at radius 2 is 1.80 bits per heavy atom. The standard InChI is InChI=1S/CF2O2/c2-1(3)5-4. The van der Waals surface area contributed by atoms with Gasteiger partial charge in [-0.3, -0.25) is 0 Å². The van der Waals surface area contributed by atoms with Crippen LogP contribution in [0.15, 0.2) is 0 Å². The number of hydrogen-bond acceptors (Lipinski definition) is 1. The highest BCUT2D eigenvalue weighted by Gasteiger charge is 2.01. The van der Waals surface area contributed by atoms with Gasteiger partial charge in [0.15, 0.2) is 0 Å². The van der Waals surface area contributed by atoms with Crippen LogP contribution in [0.3, 0.4) is 0 Å². The Hall–Kier alpha value is -0.220. The largest absolute Gasteiger partial charge is 0.479 e. The lowest BCUT2D eigenvalue weighted by atomic mass is 11.5. The SMILES string of the molecule is [O]O[C](F)F. The van der Waals surface area contributed by atoms with Crippen LogP contribution in [0, 0.1) is 6.61 Å². The summed E-state index contributed by atoms with van der Waals surface area (Å²) in [5, 5.41) is 8.34. The molecule has 2 nitrogen and oxygen atoms in total. The summed E-state index contributed by atoms with van der Waals surface area (Å²) in [6, 6.07) is 0. The van der Waals surface area contributed by atoms with Crippen molar-refractivity contribution in [2.75, 3.05) is 0 Å². The first-order valence-electron chi connectivity index (χ1n) is 0.749. The molecule has 0 unspecified atom stereocenters. The molecule has 4 heteroatoms. The molecule has 0 aromatic heterocycles. The van der Waals surface area contributed by atoms with Gasteiger partial charge in [-0.05, 0) is 5.26 Å². The van der Waals surface area contributed by atoms with Crippen molar-refractivity contribution < 1.29 is 18.9 Å². The van der Waals surface area contributed by atoms with E-state index >= 15 is 0 Å². The molecular formula is CF2O2. The molecule has 0 aliphatic carbocycles. The third-order valence-electron chi connectivity index (χ3n) is 0.0630. The van der Waals surface area contributed by atoms with Crippen molar-refractivity contribution in [3.05, 3.63) is 6.61 Å². The molecule has 0 aliphatic heterocycles. The minimum absolute atomic E-state index is 2.08. The van der Waals surface area contributed by atoms with E-state index in [-0.39, 0.29) is 0 Å². The van der Waals surface area contributed by atoms with E-state index in [1.165, 1.54) is 0 Å². The fraction of sp³-hybridized carbons (Fsp3) is 0. The Balaban J connectivity index is 2.54. The second-order valence-corrected chi connectivity index (χ2v) is 0.309. The van der Waals surface area contributed by atoms with Gasteiger partial charge in [-0.15, -0.1) is 4.89 Å². The Labute approximate surface area is 26.9 Å². The zero-order valence-electron chi connectivity index (χ0n) is 2.07. The molecule has 0 spiro atoms. The van der Waals surface area contributed by atoms with Crippen molar-refractivity contribution in [1.82, 2.24) is 0 Å². The van der Waals surface area contributed by atoms with E-state index in [1.54, 1.807) is 0 Å². The highest BCUT2D eigenvalue weighted by molar-refractivity contribution is 4.23. The molecule has 0 atom stereocenters. The summed E-state index contributed by atoms with van der Waals surface area (Å²) >= 11 is 0. The lowest BCUT2D eigenvalue weighted by Gasteiger charge is -1.74. The zero-order chi connectivity index (χ0) is 4.28. The summed E-state index contributed by atoms with van der Waals surface area (Å²) in [5.74, 6) is 0. The fourth-order valence-corrected chi connectivity index (χ4v) is 0. The first-order valence-corrected chi connectivity index (χ1v) is 0.749. The predicted octanol–water partition coefficient (Wildman–Crippen LogP) is 0.734. The highest BCUT2D eigenvalue weighted by Crippen LogP contribution is 1.99. The van der Waals surface area contributed by atoms with Crippen LogP contribution in [0.1, 0.15) is 0 Å². The highest BCUT2D eigenvalue weighted by atomic mass is 19.3. The summed E-state index contributed by atoms with van der Waals surface area (Å²) in [7, 11) is 0. The van der Waals surface area contributed by atoms with Gasteiger partial charge in [0.2, 0.25) is 0 Å². The molecule has 0 bridgehead atoms. The van der Waals surface area contributed by atoms with Crippen molar-refractivity contribution in [2.24, 2.45) is 0 Å². The van der Waals surface area contributed by atoms with Crippen molar-refractivity contribution in [2.45, 2.75) is 0 Å². The minimum atomic E-state index is -2.55. The summed E-state index contributed by atoms with van der Waals surface area (Å²) in [6.07, 6.45) is 0. The molecule has 0 saturated carbocycles. The van der Waals surface area contributed by atoms with Crippen LogP contribution in [-0.4, -0.2) is 0 Å². The van der Waals surface area contributed by atoms with E-state index in [0.717, 1.165) is 0 Å². The molecule has 5 heavy (non-hydrogen) atoms. The van der Waals surface area contributed by atoms with Gasteiger partial charge in [0, 0.05) is 0 Å². The van der Waals surface area contributed by atoms with E-state index in [2.05, 4.69) is 4.89 Å². The first kappa shape index (κ1) is 4.78. The summed E-state index contributed by atoms with van der Waals surface area (Å²) in [6.45, 7) is -2.55. The van der Waals surface area contributed by atoms with Crippen LogP contribution in [0.2, 0.25) is 0 Å². The Kier molecular flexibility index (Phi) is 1.95. The van der Waals surface area contributed by atoms with Gasteiger partial charge in [-0.25, -0.2) is 0 Å². The third-order valence-corrected chi connectivity index (χ3v) is 0.0630. The molecule has 0 aliphatic rings. The number of halogens is 2. The second kappa shape index (κ2) is 2.04. The lowest BCUT2D eigenvalue weighted by molar-refractivity contribution is -0.341. The maximum Gasteiger partial charge on any atom is 0.479 e. The summed E-state index contributed by atoms with van der Waals surface area (Å²) in [5.41, 5.74) is 0. The third kappa shape index (κ3) is 3.78. The smallest absolute Gasteiger partial charge is 0.164 e. The average molecular weight is 82.0 g/mol. The Morgan fingerprint density at radius 1 is 1.60 bits per heavy atom. The molecule has 0 aromatic rings. The molecule has 0 aromatic carbocycles. The predicted molar refractivity (Wildman–Crippen MR) is 7.23 cm³/mol. The van der Waals surface area contributed by atoms with Gasteiger partial charge in [0.05, 0.1) is 0 Å². The van der Waals surface area contributed by atoms with Crippen LogP contribution in [-0.2, 0) is 10.1 Å². The van der Waals surface area contributed by atoms with E-state index in [0.29, 0.717) is 0 Å². The zero-order valence-corrected chi connectivity index (χ0v) is 2.07. The van der Waals surface area contributed by atoms with Crippen LogP contribution in [0.5, 0.6) is 0 Å². The average Bonchev–Trinajstić information content (AvgIpc) is 1.38. The lowest BCUT2D eigenvalue weighted by Crippen LogP contribution is -1.76. The molecule has 0 fully saturated rings. The van der Waals surface area contributed by atoms with E-state index < -0.39 is 6.61 Å². The van der Waals surface area contributed by atoms with Gasteiger partial charge >= 0.3 is 6.61 Å². The molecule has 0 rings (SSSR count). The molecule has 0 amide bonds. The number of hydrogen-bond donors (Lipinski definition) is 0. The van der Waals surface area contributed by atoms with Crippen molar-refractivity contribution in [3.8, 4) is 0 Å². The fourth-order valence-electron chi connectivity index (χ4n) is 0. The normalized spacial score (nSPS) is 9.60. The van der Waals surface area contributed by atoms with Gasteiger partial charge in [0.1, 0.15) is 0 Å². The van der Waals surface area contributed by atoms with Crippen LogP contribution in [0.25, 0.3) is 0 Å². The van der Waals surface area contributed by atoms with Crippen LogP contribution < -0.4 is 0 Å². The van der Waals surface area contributed by atoms with Gasteiger partial charge in [-0.2, -0.15) is 8.78 Å². The monoisotopic (exact) mass is 82.0 g/mol. The van der Waals surface area contributed by atoms with Gasteiger partial charge in [0.25, 0.3) is 0 Å². The van der Waals surface area contributed by atoms with Crippen LogP contribution in [0.4, 0.5) is 8.78 Å². The van der Waals surface area contributed by atoms with Gasteiger partial charge < -0.3 is 0 Å². The maximum absolute atomic E-state index is 10.1. The maximum atomic E-state index is 10.1. The van der Waals surface area contributed by atoms with E-state index in [9.17, 15) is 8.78 Å². The molecule has 30 valence electrons. The molecular weight excluding hydrogens is 82.0 g/mol. The summed E-state index contributed by atoms with van der Waals surface area (Å²) in [4.78, 5) is 2.08. The molecule has 0 heterocycles. The second-order valence-electron chi connectivity index (χ2n) is 0.309. The van der Waals surface area contributed by atoms with Gasteiger partial charge in [-0.1, -0.05) is 0 Å². The topological polar surface area (TPSA) is 29.1 Å². The van der Waals surface area contributed by atoms with Crippen LogP contribution >= 0.6 is 0 Å². The Bertz CT molecular complexity index is 21.6. The Morgan fingerprint density at radius 3 is 1.80 bits per heavy atom. The van der Waals surface area contributed by atoms with E-state index in [4.69, 9.17) is 5.26 Å².